The molecule has 2 N–H and O–H groups in total. The van der Waals surface area contributed by atoms with E-state index in [1.54, 1.807) is 0 Å². The molecule has 1 aromatic carbocycles. The molecule has 3 rings (SSSR count). The summed E-state index contributed by atoms with van der Waals surface area (Å²) in [5.41, 5.74) is 2.47. The van der Waals surface area contributed by atoms with E-state index in [4.69, 9.17) is 9.47 Å². The fourth-order valence-electron chi connectivity index (χ4n) is 4.15. The molecule has 1 aromatic rings. The molecule has 1 saturated heterocycles. The van der Waals surface area contributed by atoms with Gasteiger partial charge in [0.1, 0.15) is 0 Å². The van der Waals surface area contributed by atoms with Crippen LogP contribution in [0.2, 0.25) is 0 Å². The third-order valence-corrected chi connectivity index (χ3v) is 5.56. The van der Waals surface area contributed by atoms with E-state index in [0.717, 1.165) is 30.7 Å². The van der Waals surface area contributed by atoms with Gasteiger partial charge in [-0.3, -0.25) is 0 Å². The average molecular weight is 334 g/mol. The van der Waals surface area contributed by atoms with E-state index in [2.05, 4.69) is 24.3 Å². The summed E-state index contributed by atoms with van der Waals surface area (Å²) in [4.78, 5) is 0. The molecule has 1 saturated carbocycles. The Balaban J connectivity index is 1.62. The highest BCUT2D eigenvalue weighted by Crippen LogP contribution is 2.33. The van der Waals surface area contributed by atoms with Crippen molar-refractivity contribution in [3.05, 3.63) is 35.4 Å². The molecule has 0 aromatic heterocycles. The summed E-state index contributed by atoms with van der Waals surface area (Å²) in [6, 6.07) is 8.57. The summed E-state index contributed by atoms with van der Waals surface area (Å²) in [5, 5.41) is 19.4. The van der Waals surface area contributed by atoms with Gasteiger partial charge in [-0.25, -0.2) is 0 Å². The van der Waals surface area contributed by atoms with Crippen LogP contribution >= 0.6 is 0 Å². The lowest BCUT2D eigenvalue weighted by Gasteiger charge is -2.33. The van der Waals surface area contributed by atoms with Crippen LogP contribution in [-0.4, -0.2) is 42.2 Å². The minimum absolute atomic E-state index is 0.0318. The summed E-state index contributed by atoms with van der Waals surface area (Å²) >= 11 is 0. The number of aliphatic hydroxyl groups is 2. The molecule has 2 fully saturated rings. The highest BCUT2D eigenvalue weighted by Gasteiger charge is 2.29. The second-order valence-electron chi connectivity index (χ2n) is 7.38. The molecule has 134 valence electrons. The van der Waals surface area contributed by atoms with Gasteiger partial charge in [-0.2, -0.15) is 0 Å². The van der Waals surface area contributed by atoms with Crippen molar-refractivity contribution < 1.29 is 19.7 Å². The number of ether oxygens (including phenoxy) is 2. The third-order valence-electron chi connectivity index (χ3n) is 5.56. The van der Waals surface area contributed by atoms with Gasteiger partial charge >= 0.3 is 0 Å². The lowest BCUT2D eigenvalue weighted by atomic mass is 9.83. The molecular weight excluding hydrogens is 304 g/mol. The summed E-state index contributed by atoms with van der Waals surface area (Å²) in [5.74, 6) is 0.731. The summed E-state index contributed by atoms with van der Waals surface area (Å²) < 4.78 is 11.4. The largest absolute Gasteiger partial charge is 0.394 e. The summed E-state index contributed by atoms with van der Waals surface area (Å²) in [7, 11) is 1.81. The van der Waals surface area contributed by atoms with Crippen LogP contribution in [0.25, 0.3) is 0 Å². The molecule has 4 nitrogen and oxygen atoms in total. The van der Waals surface area contributed by atoms with E-state index in [1.165, 1.54) is 18.4 Å². The van der Waals surface area contributed by atoms with Gasteiger partial charge in [0.25, 0.3) is 0 Å². The van der Waals surface area contributed by atoms with E-state index in [1.807, 2.05) is 7.11 Å². The van der Waals surface area contributed by atoms with Gasteiger partial charge < -0.3 is 19.7 Å². The van der Waals surface area contributed by atoms with Gasteiger partial charge in [0, 0.05) is 20.0 Å². The van der Waals surface area contributed by atoms with Crippen LogP contribution < -0.4 is 0 Å². The first-order valence-electron chi connectivity index (χ1n) is 9.24. The molecule has 2 aliphatic rings. The van der Waals surface area contributed by atoms with Crippen molar-refractivity contribution in [1.82, 2.24) is 0 Å². The smallest absolute Gasteiger partial charge is 0.0854 e. The molecule has 4 heteroatoms. The van der Waals surface area contributed by atoms with Crippen molar-refractivity contribution in [2.24, 2.45) is 5.92 Å². The van der Waals surface area contributed by atoms with Gasteiger partial charge in [-0.05, 0) is 49.1 Å². The Labute approximate surface area is 144 Å². The maximum atomic E-state index is 10.0. The zero-order valence-electron chi connectivity index (χ0n) is 14.6. The van der Waals surface area contributed by atoms with Crippen LogP contribution in [-0.2, 0) is 15.9 Å². The summed E-state index contributed by atoms with van der Waals surface area (Å²) in [6.45, 7) is -0.0318. The van der Waals surface area contributed by atoms with Crippen molar-refractivity contribution >= 4 is 0 Å². The summed E-state index contributed by atoms with van der Waals surface area (Å²) in [6.07, 6.45) is 6.70. The Morgan fingerprint density at radius 2 is 1.96 bits per heavy atom. The number of aliphatic hydroxyl groups excluding tert-OH is 2. The molecule has 1 aliphatic heterocycles. The fraction of sp³-hybridized carbons (Fsp3) is 0.700. The second kappa shape index (κ2) is 8.43. The minimum atomic E-state index is -0.395. The van der Waals surface area contributed by atoms with Crippen molar-refractivity contribution in [1.29, 1.82) is 0 Å². The Kier molecular flexibility index (Phi) is 6.28. The van der Waals surface area contributed by atoms with E-state index in [-0.39, 0.29) is 18.8 Å². The maximum absolute atomic E-state index is 10.0. The minimum Gasteiger partial charge on any atom is -0.394 e. The Bertz CT molecular complexity index is 510. The van der Waals surface area contributed by atoms with Crippen LogP contribution in [0.15, 0.2) is 24.3 Å². The number of hydrogen-bond acceptors (Lipinski definition) is 4. The zero-order chi connectivity index (χ0) is 16.9. The van der Waals surface area contributed by atoms with Crippen LogP contribution in [0.4, 0.5) is 0 Å². The fourth-order valence-corrected chi connectivity index (χ4v) is 4.15. The van der Waals surface area contributed by atoms with Crippen LogP contribution in [0.5, 0.6) is 0 Å². The normalized spacial score (nSPS) is 34.2. The lowest BCUT2D eigenvalue weighted by molar-refractivity contribution is -0.113. The van der Waals surface area contributed by atoms with E-state index in [0.29, 0.717) is 18.9 Å². The highest BCUT2D eigenvalue weighted by molar-refractivity contribution is 5.26. The zero-order valence-corrected chi connectivity index (χ0v) is 14.6. The van der Waals surface area contributed by atoms with Crippen molar-refractivity contribution in [2.75, 3.05) is 13.7 Å². The third kappa shape index (κ3) is 4.57. The topological polar surface area (TPSA) is 58.9 Å². The van der Waals surface area contributed by atoms with E-state index >= 15 is 0 Å². The van der Waals surface area contributed by atoms with Gasteiger partial charge in [0.2, 0.25) is 0 Å². The first kappa shape index (κ1) is 17.9. The lowest BCUT2D eigenvalue weighted by Crippen LogP contribution is -2.33. The van der Waals surface area contributed by atoms with E-state index in [9.17, 15) is 10.2 Å². The van der Waals surface area contributed by atoms with Crippen molar-refractivity contribution in [2.45, 2.75) is 69.4 Å². The molecule has 0 bridgehead atoms. The monoisotopic (exact) mass is 334 g/mol. The second-order valence-corrected chi connectivity index (χ2v) is 7.38. The number of rotatable bonds is 5. The highest BCUT2D eigenvalue weighted by atomic mass is 16.5. The quantitative estimate of drug-likeness (QED) is 0.869. The average Bonchev–Trinajstić information content (AvgIpc) is 2.62. The Morgan fingerprint density at radius 3 is 2.67 bits per heavy atom. The first-order chi connectivity index (χ1) is 11.7. The van der Waals surface area contributed by atoms with Gasteiger partial charge in [0.15, 0.2) is 0 Å². The SMILES string of the molecule is COC1CCC(Cc2cccc(C3CC(O)CC(CO)O3)c2)CC1. The van der Waals surface area contributed by atoms with Gasteiger partial charge in [-0.1, -0.05) is 24.3 Å². The molecule has 3 atom stereocenters. The van der Waals surface area contributed by atoms with Gasteiger partial charge in [-0.15, -0.1) is 0 Å². The molecule has 0 radical (unpaired) electrons. The Morgan fingerprint density at radius 1 is 1.17 bits per heavy atom. The number of methoxy groups -OCH3 is 1. The molecule has 1 heterocycles. The number of benzene rings is 1. The maximum Gasteiger partial charge on any atom is 0.0854 e. The van der Waals surface area contributed by atoms with Crippen molar-refractivity contribution in [3.63, 3.8) is 0 Å². The first-order valence-corrected chi connectivity index (χ1v) is 9.24. The standard InChI is InChI=1S/C20H30O4/c1-23-18-7-5-14(6-8-18)9-15-3-2-4-16(10-15)20-12-17(22)11-19(13-21)24-20/h2-4,10,14,17-22H,5-9,11-13H2,1H3. The van der Waals surface area contributed by atoms with Crippen LogP contribution in [0.3, 0.4) is 0 Å². The van der Waals surface area contributed by atoms with E-state index < -0.39 is 6.10 Å². The molecule has 0 amide bonds. The van der Waals surface area contributed by atoms with Crippen LogP contribution in [0.1, 0.15) is 55.8 Å². The number of hydrogen-bond donors (Lipinski definition) is 2. The molecule has 0 spiro atoms. The predicted molar refractivity (Wildman–Crippen MR) is 92.8 cm³/mol. The predicted octanol–water partition coefficient (Wildman–Crippen LogP) is 3.01. The molecular formula is C20H30O4. The van der Waals surface area contributed by atoms with Crippen molar-refractivity contribution in [3.8, 4) is 0 Å². The van der Waals surface area contributed by atoms with Gasteiger partial charge in [0.05, 0.1) is 31.0 Å². The van der Waals surface area contributed by atoms with Crippen LogP contribution in [0, 0.1) is 5.92 Å². The molecule has 1 aliphatic carbocycles. The molecule has 24 heavy (non-hydrogen) atoms. The Hall–Kier alpha value is -0.940. The molecule has 3 unspecified atom stereocenters.